The number of halogens is 1. The topological polar surface area (TPSA) is 86.8 Å². The maximum atomic E-state index is 13.5. The zero-order chi connectivity index (χ0) is 24.8. The van der Waals surface area contributed by atoms with Crippen LogP contribution in [0.5, 0.6) is 0 Å². The van der Waals surface area contributed by atoms with Crippen molar-refractivity contribution in [3.05, 3.63) is 64.1 Å². The van der Waals surface area contributed by atoms with Gasteiger partial charge >= 0.3 is 0 Å². The molecule has 0 saturated carbocycles. The lowest BCUT2D eigenvalue weighted by Crippen LogP contribution is -2.51. The first-order valence-electron chi connectivity index (χ1n) is 10.7. The Morgan fingerprint density at radius 3 is 2.30 bits per heavy atom. The first-order valence-corrected chi connectivity index (χ1v) is 13.4. The maximum absolute atomic E-state index is 13.5. The molecule has 2 rings (SSSR count). The summed E-state index contributed by atoms with van der Waals surface area (Å²) in [5.41, 5.74) is 2.11. The molecule has 180 valence electrons. The summed E-state index contributed by atoms with van der Waals surface area (Å²) in [7, 11) is -3.73. The predicted octanol–water partition coefficient (Wildman–Crippen LogP) is 3.71. The number of hydrogen-bond donors (Lipinski definition) is 1. The minimum Gasteiger partial charge on any atom is -0.354 e. The van der Waals surface area contributed by atoms with Gasteiger partial charge in [-0.3, -0.25) is 13.9 Å². The van der Waals surface area contributed by atoms with Gasteiger partial charge in [0, 0.05) is 17.6 Å². The number of carbonyl (C=O) groups excluding carboxylic acids is 2. The molecule has 0 aromatic heterocycles. The fourth-order valence-electron chi connectivity index (χ4n) is 3.26. The Morgan fingerprint density at radius 1 is 1.06 bits per heavy atom. The van der Waals surface area contributed by atoms with Gasteiger partial charge in [0.25, 0.3) is 0 Å². The van der Waals surface area contributed by atoms with Gasteiger partial charge < -0.3 is 10.2 Å². The van der Waals surface area contributed by atoms with Gasteiger partial charge in [-0.1, -0.05) is 54.0 Å². The number of carbonyl (C=O) groups is 2. The lowest BCUT2D eigenvalue weighted by molar-refractivity contribution is -0.139. The van der Waals surface area contributed by atoms with Crippen molar-refractivity contribution in [1.82, 2.24) is 10.2 Å². The van der Waals surface area contributed by atoms with E-state index in [-0.39, 0.29) is 18.4 Å². The van der Waals surface area contributed by atoms with Gasteiger partial charge in [0.1, 0.15) is 12.6 Å². The highest BCUT2D eigenvalue weighted by atomic mass is 79.9. The molecule has 0 fully saturated rings. The molecule has 0 aliphatic carbocycles. The normalized spacial score (nSPS) is 12.3. The van der Waals surface area contributed by atoms with Crippen LogP contribution in [0.3, 0.4) is 0 Å². The molecule has 2 aromatic carbocycles. The molecular formula is C24H32BrN3O4S. The van der Waals surface area contributed by atoms with E-state index < -0.39 is 28.5 Å². The zero-order valence-electron chi connectivity index (χ0n) is 19.7. The van der Waals surface area contributed by atoms with Crippen LogP contribution in [0.2, 0.25) is 0 Å². The summed E-state index contributed by atoms with van der Waals surface area (Å²) in [4.78, 5) is 27.7. The summed E-state index contributed by atoms with van der Waals surface area (Å²) in [6.45, 7) is 7.73. The Bertz CT molecular complexity index is 1090. The van der Waals surface area contributed by atoms with Crippen molar-refractivity contribution in [2.24, 2.45) is 5.92 Å². The molecular weight excluding hydrogens is 506 g/mol. The number of sulfonamides is 1. The second kappa shape index (κ2) is 11.7. The van der Waals surface area contributed by atoms with Crippen molar-refractivity contribution >= 4 is 43.5 Å². The van der Waals surface area contributed by atoms with Crippen LogP contribution in [-0.4, -0.2) is 50.5 Å². The van der Waals surface area contributed by atoms with Gasteiger partial charge in [-0.15, -0.1) is 0 Å². The summed E-state index contributed by atoms with van der Waals surface area (Å²) < 4.78 is 27.0. The number of nitrogens with zero attached hydrogens (tertiary/aromatic N) is 2. The van der Waals surface area contributed by atoms with Crippen LogP contribution in [0.4, 0.5) is 5.69 Å². The number of nitrogens with one attached hydrogen (secondary N) is 1. The van der Waals surface area contributed by atoms with Crippen LogP contribution in [0.15, 0.2) is 53.0 Å². The molecule has 0 radical (unpaired) electrons. The molecule has 0 spiro atoms. The van der Waals surface area contributed by atoms with E-state index in [1.54, 1.807) is 25.1 Å². The average molecular weight is 539 g/mol. The highest BCUT2D eigenvalue weighted by molar-refractivity contribution is 9.10. The van der Waals surface area contributed by atoms with Crippen LogP contribution in [0.1, 0.15) is 31.9 Å². The summed E-state index contributed by atoms with van der Waals surface area (Å²) in [5, 5.41) is 2.86. The molecule has 9 heteroatoms. The Kier molecular flexibility index (Phi) is 9.48. The number of amides is 2. The van der Waals surface area contributed by atoms with Gasteiger partial charge in [-0.25, -0.2) is 8.42 Å². The third-order valence-electron chi connectivity index (χ3n) is 5.06. The van der Waals surface area contributed by atoms with Gasteiger partial charge in [0.15, 0.2) is 0 Å². The monoisotopic (exact) mass is 537 g/mol. The first kappa shape index (κ1) is 26.9. The number of anilines is 1. The van der Waals surface area contributed by atoms with E-state index in [1.165, 1.54) is 4.90 Å². The molecule has 0 aliphatic heterocycles. The smallest absolute Gasteiger partial charge is 0.244 e. The van der Waals surface area contributed by atoms with E-state index in [1.807, 2.05) is 51.1 Å². The summed E-state index contributed by atoms with van der Waals surface area (Å²) in [5.74, 6) is -0.486. The van der Waals surface area contributed by atoms with Crippen molar-refractivity contribution in [2.75, 3.05) is 23.7 Å². The van der Waals surface area contributed by atoms with Crippen molar-refractivity contribution in [2.45, 2.75) is 40.3 Å². The Labute approximate surface area is 205 Å². The molecule has 0 bridgehead atoms. The standard InChI is InChI=1S/C24H32BrN3O4S/c1-17(2)14-26-24(30)19(4)27(15-20-9-7-10-21(25)13-20)23(29)16-28(33(5,31)32)22-11-6-8-18(3)12-22/h6-13,17,19H,14-16H2,1-5H3,(H,26,30)/t19-/m1/s1. The lowest BCUT2D eigenvalue weighted by atomic mass is 10.1. The van der Waals surface area contributed by atoms with Crippen molar-refractivity contribution in [3.63, 3.8) is 0 Å². The minimum absolute atomic E-state index is 0.167. The Balaban J connectivity index is 2.36. The molecule has 0 unspecified atom stereocenters. The SMILES string of the molecule is Cc1cccc(N(CC(=O)N(Cc2cccc(Br)c2)[C@H](C)C(=O)NCC(C)C)S(C)(=O)=O)c1. The van der Waals surface area contributed by atoms with Crippen LogP contribution in [0, 0.1) is 12.8 Å². The van der Waals surface area contributed by atoms with E-state index in [0.29, 0.717) is 12.2 Å². The number of hydrogen-bond acceptors (Lipinski definition) is 4. The predicted molar refractivity (Wildman–Crippen MR) is 135 cm³/mol. The highest BCUT2D eigenvalue weighted by Gasteiger charge is 2.30. The van der Waals surface area contributed by atoms with E-state index in [0.717, 1.165) is 26.2 Å². The zero-order valence-corrected chi connectivity index (χ0v) is 22.1. The molecule has 1 N–H and O–H groups in total. The summed E-state index contributed by atoms with van der Waals surface area (Å²) in [6.07, 6.45) is 1.07. The maximum Gasteiger partial charge on any atom is 0.244 e. The largest absolute Gasteiger partial charge is 0.354 e. The van der Waals surface area contributed by atoms with Crippen LogP contribution < -0.4 is 9.62 Å². The fourth-order valence-corrected chi connectivity index (χ4v) is 4.55. The molecule has 0 saturated heterocycles. The fraction of sp³-hybridized carbons (Fsp3) is 0.417. The van der Waals surface area contributed by atoms with Crippen LogP contribution in [-0.2, 0) is 26.2 Å². The minimum atomic E-state index is -3.73. The van der Waals surface area contributed by atoms with Crippen LogP contribution in [0.25, 0.3) is 0 Å². The quantitative estimate of drug-likeness (QED) is 0.500. The average Bonchev–Trinajstić information content (AvgIpc) is 2.72. The molecule has 7 nitrogen and oxygen atoms in total. The molecule has 33 heavy (non-hydrogen) atoms. The van der Waals surface area contributed by atoms with Gasteiger partial charge in [0.2, 0.25) is 21.8 Å². The van der Waals surface area contributed by atoms with Crippen molar-refractivity contribution < 1.29 is 18.0 Å². The second-order valence-electron chi connectivity index (χ2n) is 8.58. The molecule has 0 aliphatic rings. The lowest BCUT2D eigenvalue weighted by Gasteiger charge is -2.31. The molecule has 2 amide bonds. The van der Waals surface area contributed by atoms with Crippen LogP contribution >= 0.6 is 15.9 Å². The molecule has 1 atom stereocenters. The van der Waals surface area contributed by atoms with E-state index >= 15 is 0 Å². The first-order chi connectivity index (χ1) is 15.4. The Morgan fingerprint density at radius 2 is 1.73 bits per heavy atom. The van der Waals surface area contributed by atoms with Crippen molar-refractivity contribution in [3.8, 4) is 0 Å². The van der Waals surface area contributed by atoms with Gasteiger partial charge in [-0.2, -0.15) is 0 Å². The van der Waals surface area contributed by atoms with Gasteiger partial charge in [0.05, 0.1) is 11.9 Å². The van der Waals surface area contributed by atoms with E-state index in [4.69, 9.17) is 0 Å². The molecule has 2 aromatic rings. The number of benzene rings is 2. The van der Waals surface area contributed by atoms with E-state index in [2.05, 4.69) is 21.2 Å². The Hall–Kier alpha value is -2.39. The van der Waals surface area contributed by atoms with E-state index in [9.17, 15) is 18.0 Å². The molecule has 0 heterocycles. The number of aryl methyl sites for hydroxylation is 1. The van der Waals surface area contributed by atoms with Gasteiger partial charge in [-0.05, 0) is 55.2 Å². The van der Waals surface area contributed by atoms with Crippen molar-refractivity contribution in [1.29, 1.82) is 0 Å². The highest BCUT2D eigenvalue weighted by Crippen LogP contribution is 2.21. The summed E-state index contributed by atoms with van der Waals surface area (Å²) >= 11 is 3.43. The third kappa shape index (κ3) is 8.16. The summed E-state index contributed by atoms with van der Waals surface area (Å²) in [6, 6.07) is 13.6. The number of rotatable bonds is 10. The second-order valence-corrected chi connectivity index (χ2v) is 11.4. The third-order valence-corrected chi connectivity index (χ3v) is 6.70.